The SMILES string of the molecule is O=C(Nc1ccc(F)cc1)c1nnc(C(=O)N2CCC(C(=O)NCc3cccnc3)CC2)s1. The maximum absolute atomic E-state index is 13.0. The lowest BCUT2D eigenvalue weighted by Gasteiger charge is -2.30. The van der Waals surface area contributed by atoms with E-state index in [-0.39, 0.29) is 27.7 Å². The molecule has 1 aliphatic rings. The lowest BCUT2D eigenvalue weighted by molar-refractivity contribution is -0.126. The van der Waals surface area contributed by atoms with Crippen LogP contribution in [0, 0.1) is 11.7 Å². The minimum Gasteiger partial charge on any atom is -0.352 e. The van der Waals surface area contributed by atoms with Crippen molar-refractivity contribution in [3.05, 3.63) is 70.2 Å². The second-order valence-corrected chi connectivity index (χ2v) is 8.50. The Hall–Kier alpha value is -3.73. The molecular formula is C22H21FN6O3S. The largest absolute Gasteiger partial charge is 0.352 e. The number of nitrogens with one attached hydrogen (secondary N) is 2. The Kier molecular flexibility index (Phi) is 6.98. The predicted molar refractivity (Wildman–Crippen MR) is 119 cm³/mol. The average Bonchev–Trinajstić information content (AvgIpc) is 3.35. The molecule has 3 amide bonds. The van der Waals surface area contributed by atoms with E-state index in [2.05, 4.69) is 25.8 Å². The number of benzene rings is 1. The van der Waals surface area contributed by atoms with Crippen molar-refractivity contribution in [2.24, 2.45) is 5.92 Å². The van der Waals surface area contributed by atoms with Gasteiger partial charge in [-0.1, -0.05) is 17.4 Å². The van der Waals surface area contributed by atoms with E-state index in [1.165, 1.54) is 24.3 Å². The van der Waals surface area contributed by atoms with Crippen LogP contribution in [0.4, 0.5) is 10.1 Å². The highest BCUT2D eigenvalue weighted by Crippen LogP contribution is 2.21. The standard InChI is InChI=1S/C22H21FN6O3S/c23-16-3-5-17(6-4-16)26-19(31)20-27-28-21(33-20)22(32)29-10-7-15(8-11-29)18(30)25-13-14-2-1-9-24-12-14/h1-6,9,12,15H,7-8,10-11,13H2,(H,25,30)(H,26,31). The van der Waals surface area contributed by atoms with E-state index in [1.54, 1.807) is 17.3 Å². The molecule has 9 nitrogen and oxygen atoms in total. The molecule has 170 valence electrons. The minimum absolute atomic E-state index is 0.0346. The van der Waals surface area contributed by atoms with Gasteiger partial charge in [-0.3, -0.25) is 19.4 Å². The third-order valence-corrected chi connectivity index (χ3v) is 6.16. The molecule has 1 fully saturated rings. The molecular weight excluding hydrogens is 447 g/mol. The number of aromatic nitrogens is 3. The van der Waals surface area contributed by atoms with Crippen molar-refractivity contribution in [1.29, 1.82) is 0 Å². The molecule has 1 saturated heterocycles. The maximum atomic E-state index is 13.0. The highest BCUT2D eigenvalue weighted by Gasteiger charge is 2.29. The number of halogens is 1. The summed E-state index contributed by atoms with van der Waals surface area (Å²) in [6.07, 6.45) is 4.47. The number of hydrogen-bond acceptors (Lipinski definition) is 7. The van der Waals surface area contributed by atoms with E-state index in [0.29, 0.717) is 38.2 Å². The molecule has 0 saturated carbocycles. The molecule has 4 rings (SSSR count). The third-order valence-electron chi connectivity index (χ3n) is 5.25. The molecule has 3 aromatic rings. The van der Waals surface area contributed by atoms with Gasteiger partial charge >= 0.3 is 0 Å². The second-order valence-electron chi connectivity index (χ2n) is 7.52. The molecule has 3 heterocycles. The minimum atomic E-state index is -0.526. The van der Waals surface area contributed by atoms with Gasteiger partial charge in [0, 0.05) is 43.6 Å². The lowest BCUT2D eigenvalue weighted by atomic mass is 9.96. The van der Waals surface area contributed by atoms with Gasteiger partial charge in [0.2, 0.25) is 15.9 Å². The van der Waals surface area contributed by atoms with E-state index in [4.69, 9.17) is 0 Å². The van der Waals surface area contributed by atoms with Crippen LogP contribution in [-0.4, -0.2) is 50.9 Å². The van der Waals surface area contributed by atoms with Gasteiger partial charge in [-0.2, -0.15) is 0 Å². The van der Waals surface area contributed by atoms with E-state index >= 15 is 0 Å². The normalized spacial score (nSPS) is 14.0. The quantitative estimate of drug-likeness (QED) is 0.574. The van der Waals surface area contributed by atoms with Crippen molar-refractivity contribution in [2.75, 3.05) is 18.4 Å². The highest BCUT2D eigenvalue weighted by atomic mass is 32.1. The predicted octanol–water partition coefficient (Wildman–Crippen LogP) is 2.49. The van der Waals surface area contributed by atoms with Gasteiger partial charge in [0.1, 0.15) is 5.82 Å². The summed E-state index contributed by atoms with van der Waals surface area (Å²) < 4.78 is 13.0. The van der Waals surface area contributed by atoms with Gasteiger partial charge in [-0.15, -0.1) is 10.2 Å². The number of anilines is 1. The summed E-state index contributed by atoms with van der Waals surface area (Å²) in [5.74, 6) is -1.46. The second kappa shape index (κ2) is 10.3. The molecule has 2 N–H and O–H groups in total. The molecule has 1 aliphatic heterocycles. The number of carbonyl (C=O) groups excluding carboxylic acids is 3. The van der Waals surface area contributed by atoms with Gasteiger partial charge in [-0.05, 0) is 48.7 Å². The number of hydrogen-bond donors (Lipinski definition) is 2. The zero-order valence-electron chi connectivity index (χ0n) is 17.5. The van der Waals surface area contributed by atoms with Gasteiger partial charge in [-0.25, -0.2) is 4.39 Å². The number of pyridine rings is 1. The Morgan fingerprint density at radius 3 is 2.48 bits per heavy atom. The summed E-state index contributed by atoms with van der Waals surface area (Å²) in [4.78, 5) is 43.2. The van der Waals surface area contributed by atoms with Gasteiger partial charge < -0.3 is 15.5 Å². The highest BCUT2D eigenvalue weighted by molar-refractivity contribution is 7.15. The van der Waals surface area contributed by atoms with Crippen molar-refractivity contribution in [3.8, 4) is 0 Å². The molecule has 0 atom stereocenters. The number of nitrogens with zero attached hydrogens (tertiary/aromatic N) is 4. The summed E-state index contributed by atoms with van der Waals surface area (Å²) in [5.41, 5.74) is 1.34. The Morgan fingerprint density at radius 2 is 1.79 bits per heavy atom. The van der Waals surface area contributed by atoms with Crippen molar-refractivity contribution in [1.82, 2.24) is 25.4 Å². The van der Waals surface area contributed by atoms with Crippen LogP contribution in [-0.2, 0) is 11.3 Å². The molecule has 33 heavy (non-hydrogen) atoms. The molecule has 0 aliphatic carbocycles. The first-order chi connectivity index (χ1) is 16.0. The number of amides is 3. The first-order valence-electron chi connectivity index (χ1n) is 10.4. The molecule has 0 radical (unpaired) electrons. The third kappa shape index (κ3) is 5.75. The van der Waals surface area contributed by atoms with E-state index in [1.807, 2.05) is 12.1 Å². The Morgan fingerprint density at radius 1 is 1.06 bits per heavy atom. The van der Waals surface area contributed by atoms with Crippen molar-refractivity contribution < 1.29 is 18.8 Å². The van der Waals surface area contributed by atoms with E-state index < -0.39 is 11.7 Å². The fraction of sp³-hybridized carbons (Fsp3) is 0.273. The number of likely N-dealkylation sites (tertiary alicyclic amines) is 1. The number of carbonyl (C=O) groups is 3. The van der Waals surface area contributed by atoms with Crippen LogP contribution in [0.15, 0.2) is 48.8 Å². The lowest BCUT2D eigenvalue weighted by Crippen LogP contribution is -2.42. The molecule has 1 aromatic carbocycles. The van der Waals surface area contributed by atoms with Crippen LogP contribution < -0.4 is 10.6 Å². The molecule has 2 aromatic heterocycles. The summed E-state index contributed by atoms with van der Waals surface area (Å²) in [5, 5.41) is 13.3. The Bertz CT molecular complexity index is 1130. The van der Waals surface area contributed by atoms with Crippen molar-refractivity contribution in [2.45, 2.75) is 19.4 Å². The van der Waals surface area contributed by atoms with Crippen LogP contribution in [0.3, 0.4) is 0 Å². The summed E-state index contributed by atoms with van der Waals surface area (Å²) in [7, 11) is 0. The fourth-order valence-corrected chi connectivity index (χ4v) is 4.14. The Balaban J connectivity index is 1.27. The zero-order valence-corrected chi connectivity index (χ0v) is 18.3. The smallest absolute Gasteiger partial charge is 0.286 e. The van der Waals surface area contributed by atoms with Crippen molar-refractivity contribution in [3.63, 3.8) is 0 Å². The monoisotopic (exact) mass is 468 g/mol. The summed E-state index contributed by atoms with van der Waals surface area (Å²) >= 11 is 0.893. The first kappa shape index (κ1) is 22.5. The van der Waals surface area contributed by atoms with Crippen LogP contribution in [0.25, 0.3) is 0 Å². The number of rotatable bonds is 6. The average molecular weight is 469 g/mol. The van der Waals surface area contributed by atoms with Crippen LogP contribution in [0.2, 0.25) is 0 Å². The van der Waals surface area contributed by atoms with Crippen LogP contribution in [0.1, 0.15) is 38.0 Å². The number of piperidine rings is 1. The fourth-order valence-electron chi connectivity index (χ4n) is 3.44. The topological polar surface area (TPSA) is 117 Å². The van der Waals surface area contributed by atoms with E-state index in [0.717, 1.165) is 16.9 Å². The molecule has 0 unspecified atom stereocenters. The summed E-state index contributed by atoms with van der Waals surface area (Å²) in [6, 6.07) is 9.03. The Labute approximate surface area is 193 Å². The van der Waals surface area contributed by atoms with Crippen LogP contribution >= 0.6 is 11.3 Å². The van der Waals surface area contributed by atoms with Gasteiger partial charge in [0.15, 0.2) is 0 Å². The van der Waals surface area contributed by atoms with Crippen LogP contribution in [0.5, 0.6) is 0 Å². The van der Waals surface area contributed by atoms with Crippen molar-refractivity contribution >= 4 is 34.7 Å². The molecule has 0 spiro atoms. The summed E-state index contributed by atoms with van der Waals surface area (Å²) in [6.45, 7) is 1.25. The maximum Gasteiger partial charge on any atom is 0.286 e. The van der Waals surface area contributed by atoms with Gasteiger partial charge in [0.05, 0.1) is 0 Å². The molecule has 0 bridgehead atoms. The van der Waals surface area contributed by atoms with Gasteiger partial charge in [0.25, 0.3) is 11.8 Å². The first-order valence-corrected chi connectivity index (χ1v) is 11.2. The molecule has 11 heteroatoms. The van der Waals surface area contributed by atoms with E-state index in [9.17, 15) is 18.8 Å². The zero-order chi connectivity index (χ0) is 23.2.